The number of carbonyl (C=O) groups excluding carboxylic acids is 1. The number of amidine groups is 1. The molecule has 0 aromatic rings. The predicted octanol–water partition coefficient (Wildman–Crippen LogP) is -0.405. The third-order valence-corrected chi connectivity index (χ3v) is 3.97. The van der Waals surface area contributed by atoms with Gasteiger partial charge in [-0.05, 0) is 19.3 Å². The molecule has 5 N–H and O–H groups in total. The first kappa shape index (κ1) is 18.7. The van der Waals surface area contributed by atoms with E-state index in [-0.39, 0.29) is 18.3 Å². The molecule has 20 heavy (non-hydrogen) atoms. The van der Waals surface area contributed by atoms with E-state index in [1.54, 1.807) is 13.8 Å². The Morgan fingerprint density at radius 3 is 2.25 bits per heavy atom. The van der Waals surface area contributed by atoms with Crippen LogP contribution < -0.4 is 15.8 Å². The standard InChI is InChI=1S/C11H24N4O4S/c1-4-11(5-2,9(12)15-17)10(16)13-7-6-8-14-20(3,18)19/h14,17H,4-8H2,1-3H3,(H2,12,15)(H,13,16). The topological polar surface area (TPSA) is 134 Å². The Kier molecular flexibility index (Phi) is 7.51. The van der Waals surface area contributed by atoms with E-state index in [1.807, 2.05) is 0 Å². The second-order valence-corrected chi connectivity index (χ2v) is 6.38. The molecular formula is C11H24N4O4S. The zero-order valence-corrected chi connectivity index (χ0v) is 13.0. The zero-order chi connectivity index (χ0) is 15.8. The summed E-state index contributed by atoms with van der Waals surface area (Å²) in [5, 5.41) is 14.4. The number of hydrogen-bond acceptors (Lipinski definition) is 5. The largest absolute Gasteiger partial charge is 0.409 e. The van der Waals surface area contributed by atoms with Gasteiger partial charge in [0.25, 0.3) is 0 Å². The molecule has 0 aliphatic carbocycles. The Morgan fingerprint density at radius 2 is 1.85 bits per heavy atom. The van der Waals surface area contributed by atoms with Crippen molar-refractivity contribution in [3.8, 4) is 0 Å². The van der Waals surface area contributed by atoms with Gasteiger partial charge in [0.1, 0.15) is 5.41 Å². The van der Waals surface area contributed by atoms with Gasteiger partial charge in [-0.2, -0.15) is 0 Å². The van der Waals surface area contributed by atoms with Crippen molar-refractivity contribution in [2.75, 3.05) is 19.3 Å². The van der Waals surface area contributed by atoms with Crippen molar-refractivity contribution in [2.45, 2.75) is 33.1 Å². The summed E-state index contributed by atoms with van der Waals surface area (Å²) in [5.41, 5.74) is 4.58. The van der Waals surface area contributed by atoms with Gasteiger partial charge in [-0.15, -0.1) is 0 Å². The molecule has 0 fully saturated rings. The lowest BCUT2D eigenvalue weighted by Crippen LogP contribution is -2.49. The number of nitrogens with zero attached hydrogens (tertiary/aromatic N) is 1. The van der Waals surface area contributed by atoms with Gasteiger partial charge in [0.2, 0.25) is 15.9 Å². The summed E-state index contributed by atoms with van der Waals surface area (Å²) in [4.78, 5) is 12.2. The zero-order valence-electron chi connectivity index (χ0n) is 12.1. The second-order valence-electron chi connectivity index (χ2n) is 4.55. The first-order valence-electron chi connectivity index (χ1n) is 6.44. The van der Waals surface area contributed by atoms with Crippen LogP contribution in [0.2, 0.25) is 0 Å². The monoisotopic (exact) mass is 308 g/mol. The van der Waals surface area contributed by atoms with Crippen LogP contribution in [0.1, 0.15) is 33.1 Å². The smallest absolute Gasteiger partial charge is 0.233 e. The predicted molar refractivity (Wildman–Crippen MR) is 76.9 cm³/mol. The molecule has 0 aromatic carbocycles. The Labute approximate surface area is 119 Å². The van der Waals surface area contributed by atoms with Crippen LogP contribution in [0, 0.1) is 5.41 Å². The van der Waals surface area contributed by atoms with Crippen LogP contribution >= 0.6 is 0 Å². The molecule has 0 saturated carbocycles. The molecule has 0 unspecified atom stereocenters. The third kappa shape index (κ3) is 5.33. The van der Waals surface area contributed by atoms with Crippen LogP contribution in [0.15, 0.2) is 5.16 Å². The third-order valence-electron chi connectivity index (χ3n) is 3.24. The maximum absolute atomic E-state index is 12.2. The molecule has 0 bridgehead atoms. The molecule has 8 nitrogen and oxygen atoms in total. The van der Waals surface area contributed by atoms with Crippen molar-refractivity contribution < 1.29 is 18.4 Å². The lowest BCUT2D eigenvalue weighted by atomic mass is 9.80. The number of oxime groups is 1. The summed E-state index contributed by atoms with van der Waals surface area (Å²) in [6.45, 7) is 4.12. The van der Waals surface area contributed by atoms with E-state index in [0.29, 0.717) is 25.8 Å². The molecule has 118 valence electrons. The minimum absolute atomic E-state index is 0.116. The highest BCUT2D eigenvalue weighted by molar-refractivity contribution is 7.88. The van der Waals surface area contributed by atoms with Gasteiger partial charge in [0, 0.05) is 13.1 Å². The van der Waals surface area contributed by atoms with E-state index in [9.17, 15) is 13.2 Å². The molecular weight excluding hydrogens is 284 g/mol. The highest BCUT2D eigenvalue weighted by atomic mass is 32.2. The van der Waals surface area contributed by atoms with Crippen LogP contribution in [0.3, 0.4) is 0 Å². The van der Waals surface area contributed by atoms with Crippen molar-refractivity contribution in [2.24, 2.45) is 16.3 Å². The molecule has 1 amide bonds. The maximum Gasteiger partial charge on any atom is 0.233 e. The van der Waals surface area contributed by atoms with E-state index >= 15 is 0 Å². The fraction of sp³-hybridized carbons (Fsp3) is 0.818. The van der Waals surface area contributed by atoms with Crippen LogP contribution in [-0.4, -0.2) is 44.7 Å². The molecule has 0 heterocycles. The van der Waals surface area contributed by atoms with Crippen LogP contribution in [0.25, 0.3) is 0 Å². The Hall–Kier alpha value is -1.35. The normalized spacial score (nSPS) is 13.2. The summed E-state index contributed by atoms with van der Waals surface area (Å²) in [6, 6.07) is 0. The van der Waals surface area contributed by atoms with E-state index in [0.717, 1.165) is 6.26 Å². The number of nitrogens with two attached hydrogens (primary N) is 1. The summed E-state index contributed by atoms with van der Waals surface area (Å²) in [7, 11) is -3.21. The SMILES string of the molecule is CCC(CC)(C(=O)NCCCNS(C)(=O)=O)C(N)=NO. The summed E-state index contributed by atoms with van der Waals surface area (Å²) in [5.74, 6) is -0.439. The van der Waals surface area contributed by atoms with Crippen LogP contribution in [-0.2, 0) is 14.8 Å². The Morgan fingerprint density at radius 1 is 1.30 bits per heavy atom. The number of sulfonamides is 1. The lowest BCUT2D eigenvalue weighted by Gasteiger charge is -2.28. The van der Waals surface area contributed by atoms with Crippen molar-refractivity contribution >= 4 is 21.8 Å². The van der Waals surface area contributed by atoms with Gasteiger partial charge < -0.3 is 16.3 Å². The first-order chi connectivity index (χ1) is 9.23. The van der Waals surface area contributed by atoms with Gasteiger partial charge in [-0.3, -0.25) is 4.79 Å². The van der Waals surface area contributed by atoms with Gasteiger partial charge in [0.15, 0.2) is 5.84 Å². The van der Waals surface area contributed by atoms with Crippen molar-refractivity contribution in [1.82, 2.24) is 10.0 Å². The quantitative estimate of drug-likeness (QED) is 0.151. The first-order valence-corrected chi connectivity index (χ1v) is 8.33. The van der Waals surface area contributed by atoms with E-state index in [2.05, 4.69) is 15.2 Å². The molecule has 0 aliphatic rings. The van der Waals surface area contributed by atoms with Crippen molar-refractivity contribution in [3.05, 3.63) is 0 Å². The average Bonchev–Trinajstić information content (AvgIpc) is 2.38. The van der Waals surface area contributed by atoms with E-state index in [1.165, 1.54) is 0 Å². The minimum atomic E-state index is -3.21. The van der Waals surface area contributed by atoms with E-state index < -0.39 is 15.4 Å². The molecule has 9 heteroatoms. The van der Waals surface area contributed by atoms with Crippen molar-refractivity contribution in [1.29, 1.82) is 0 Å². The van der Waals surface area contributed by atoms with Gasteiger partial charge in [-0.1, -0.05) is 19.0 Å². The molecule has 0 atom stereocenters. The van der Waals surface area contributed by atoms with Gasteiger partial charge in [-0.25, -0.2) is 13.1 Å². The lowest BCUT2D eigenvalue weighted by molar-refractivity contribution is -0.128. The molecule has 0 spiro atoms. The molecule has 0 saturated heterocycles. The number of rotatable bonds is 9. The number of nitrogens with one attached hydrogen (secondary N) is 2. The molecule has 0 rings (SSSR count). The Balaban J connectivity index is 4.44. The minimum Gasteiger partial charge on any atom is -0.409 e. The fourth-order valence-electron chi connectivity index (χ4n) is 1.86. The number of amides is 1. The number of hydrogen-bond donors (Lipinski definition) is 4. The van der Waals surface area contributed by atoms with Crippen molar-refractivity contribution in [3.63, 3.8) is 0 Å². The molecule has 0 aliphatic heterocycles. The molecule has 0 radical (unpaired) electrons. The maximum atomic E-state index is 12.2. The second kappa shape index (κ2) is 8.05. The van der Waals surface area contributed by atoms with Gasteiger partial charge in [0.05, 0.1) is 6.26 Å². The highest BCUT2D eigenvalue weighted by Crippen LogP contribution is 2.26. The average molecular weight is 308 g/mol. The number of carbonyl (C=O) groups is 1. The van der Waals surface area contributed by atoms with Crippen LogP contribution in [0.5, 0.6) is 0 Å². The van der Waals surface area contributed by atoms with Gasteiger partial charge >= 0.3 is 0 Å². The van der Waals surface area contributed by atoms with Crippen LogP contribution in [0.4, 0.5) is 0 Å². The Bertz CT molecular complexity index is 443. The van der Waals surface area contributed by atoms with E-state index in [4.69, 9.17) is 10.9 Å². The highest BCUT2D eigenvalue weighted by Gasteiger charge is 2.39. The summed E-state index contributed by atoms with van der Waals surface area (Å²) < 4.78 is 24.0. The summed E-state index contributed by atoms with van der Waals surface area (Å²) >= 11 is 0. The fourth-order valence-corrected chi connectivity index (χ4v) is 2.38. The molecule has 0 aromatic heterocycles. The summed E-state index contributed by atoms with van der Waals surface area (Å²) in [6.07, 6.45) is 2.35.